The van der Waals surface area contributed by atoms with Gasteiger partial charge in [-0.2, -0.15) is 0 Å². The molecule has 0 saturated carbocycles. The molecule has 2 aromatic rings. The molecule has 0 unspecified atom stereocenters. The highest BCUT2D eigenvalue weighted by molar-refractivity contribution is 6.16. The molecule has 0 fully saturated rings. The Morgan fingerprint density at radius 3 is 2.70 bits per heavy atom. The fourth-order valence-corrected chi connectivity index (χ4v) is 2.08. The molecule has 20 heavy (non-hydrogen) atoms. The van der Waals surface area contributed by atoms with E-state index < -0.39 is 24.7 Å². The van der Waals surface area contributed by atoms with Gasteiger partial charge in [0, 0.05) is 12.6 Å². The van der Waals surface area contributed by atoms with Crippen LogP contribution in [0.1, 0.15) is 5.82 Å². The smallest absolute Gasteiger partial charge is 0.261 e. The van der Waals surface area contributed by atoms with Crippen LogP contribution in [0.2, 0.25) is 0 Å². The van der Waals surface area contributed by atoms with Crippen molar-refractivity contribution in [2.24, 2.45) is 0 Å². The molecule has 3 nitrogen and oxygen atoms in total. The molecule has 0 radical (unpaired) electrons. The van der Waals surface area contributed by atoms with Gasteiger partial charge in [-0.05, 0) is 6.07 Å². The number of hydrogen-bond donors (Lipinski definition) is 0. The van der Waals surface area contributed by atoms with E-state index in [9.17, 15) is 17.6 Å². The molecule has 0 aliphatic heterocycles. The average molecular weight is 311 g/mol. The summed E-state index contributed by atoms with van der Waals surface area (Å²) in [5.41, 5.74) is 0.217. The van der Waals surface area contributed by atoms with Gasteiger partial charge in [0.15, 0.2) is 5.82 Å². The number of rotatable bonds is 6. The van der Waals surface area contributed by atoms with E-state index in [1.54, 1.807) is 0 Å². The van der Waals surface area contributed by atoms with Crippen LogP contribution in [0.5, 0.6) is 0 Å². The van der Waals surface area contributed by atoms with Gasteiger partial charge >= 0.3 is 0 Å². The van der Waals surface area contributed by atoms with Crippen molar-refractivity contribution in [1.82, 2.24) is 9.55 Å². The first-order valence-corrected chi connectivity index (χ1v) is 6.32. The molecule has 1 aromatic heterocycles. The molecule has 0 spiro atoms. The van der Waals surface area contributed by atoms with Crippen molar-refractivity contribution in [3.63, 3.8) is 0 Å². The average Bonchev–Trinajstić information content (AvgIpc) is 2.73. The van der Waals surface area contributed by atoms with Gasteiger partial charge in [-0.1, -0.05) is 0 Å². The Hall–Kier alpha value is -1.34. The van der Waals surface area contributed by atoms with E-state index in [1.807, 2.05) is 0 Å². The van der Waals surface area contributed by atoms with Crippen molar-refractivity contribution in [3.05, 3.63) is 29.6 Å². The van der Waals surface area contributed by atoms with Crippen molar-refractivity contribution >= 4 is 22.6 Å². The number of halogens is 5. The van der Waals surface area contributed by atoms with E-state index in [-0.39, 0.29) is 30.1 Å². The molecular weight excluding hydrogens is 300 g/mol. The van der Waals surface area contributed by atoms with Crippen LogP contribution in [0.4, 0.5) is 17.6 Å². The Bertz CT molecular complexity index is 603. The molecule has 0 N–H and O–H groups in total. The Morgan fingerprint density at radius 1 is 1.30 bits per heavy atom. The van der Waals surface area contributed by atoms with Crippen LogP contribution in [0, 0.1) is 11.6 Å². The number of ether oxygens (including phenoxy) is 1. The van der Waals surface area contributed by atoms with Gasteiger partial charge in [-0.3, -0.25) is 0 Å². The molecule has 2 rings (SSSR count). The molecule has 0 atom stereocenters. The minimum atomic E-state index is -2.56. The van der Waals surface area contributed by atoms with Gasteiger partial charge in [0.25, 0.3) is 6.43 Å². The van der Waals surface area contributed by atoms with Crippen LogP contribution in [0.15, 0.2) is 12.1 Å². The predicted octanol–water partition coefficient (Wildman–Crippen LogP) is 3.34. The van der Waals surface area contributed by atoms with Gasteiger partial charge in [0.2, 0.25) is 0 Å². The second-order valence-electron chi connectivity index (χ2n) is 4.03. The highest BCUT2D eigenvalue weighted by Crippen LogP contribution is 2.22. The standard InChI is InChI=1S/C12H11ClF4N2O/c13-5-11-18-12-8(15)3-7(14)4-9(12)19(11)1-2-20-6-10(16)17/h3-4,10H,1-2,5-6H2. The van der Waals surface area contributed by atoms with Crippen molar-refractivity contribution in [2.75, 3.05) is 13.2 Å². The number of imidazole rings is 1. The zero-order valence-corrected chi connectivity index (χ0v) is 11.0. The summed E-state index contributed by atoms with van der Waals surface area (Å²) in [5, 5.41) is 0. The first-order valence-electron chi connectivity index (χ1n) is 5.79. The third-order valence-electron chi connectivity index (χ3n) is 2.67. The SMILES string of the molecule is Fc1cc(F)c2nc(CCl)n(CCOCC(F)F)c2c1. The molecule has 1 aromatic carbocycles. The third-order valence-corrected chi connectivity index (χ3v) is 2.91. The number of aromatic nitrogens is 2. The van der Waals surface area contributed by atoms with Crippen molar-refractivity contribution in [3.8, 4) is 0 Å². The van der Waals surface area contributed by atoms with Crippen LogP contribution in [-0.4, -0.2) is 29.2 Å². The van der Waals surface area contributed by atoms with Crippen LogP contribution >= 0.6 is 11.6 Å². The van der Waals surface area contributed by atoms with Gasteiger partial charge < -0.3 is 9.30 Å². The van der Waals surface area contributed by atoms with Gasteiger partial charge in [0.05, 0.1) is 18.0 Å². The lowest BCUT2D eigenvalue weighted by molar-refractivity contribution is 0.0149. The van der Waals surface area contributed by atoms with Gasteiger partial charge in [-0.15, -0.1) is 11.6 Å². The molecule has 0 saturated heterocycles. The van der Waals surface area contributed by atoms with Gasteiger partial charge in [0.1, 0.15) is 23.8 Å². The largest absolute Gasteiger partial charge is 0.374 e. The van der Waals surface area contributed by atoms with Crippen LogP contribution in [0.3, 0.4) is 0 Å². The maximum atomic E-state index is 13.6. The number of alkyl halides is 3. The van der Waals surface area contributed by atoms with E-state index in [0.717, 1.165) is 12.1 Å². The summed E-state index contributed by atoms with van der Waals surface area (Å²) in [6.07, 6.45) is -2.56. The molecule has 1 heterocycles. The highest BCUT2D eigenvalue weighted by Gasteiger charge is 2.15. The number of fused-ring (bicyclic) bond motifs is 1. The van der Waals surface area contributed by atoms with Crippen LogP contribution < -0.4 is 0 Å². The second-order valence-corrected chi connectivity index (χ2v) is 4.30. The lowest BCUT2D eigenvalue weighted by Gasteiger charge is -2.08. The zero-order chi connectivity index (χ0) is 14.7. The van der Waals surface area contributed by atoms with E-state index >= 15 is 0 Å². The third kappa shape index (κ3) is 3.21. The van der Waals surface area contributed by atoms with E-state index in [2.05, 4.69) is 4.98 Å². The fourth-order valence-electron chi connectivity index (χ4n) is 1.88. The molecule has 8 heteroatoms. The number of hydrogen-bond acceptors (Lipinski definition) is 2. The van der Waals surface area contributed by atoms with Crippen LogP contribution in [-0.2, 0) is 17.2 Å². The van der Waals surface area contributed by atoms with Gasteiger partial charge in [-0.25, -0.2) is 22.5 Å². The molecule has 0 aliphatic carbocycles. The molecule has 110 valence electrons. The highest BCUT2D eigenvalue weighted by atomic mass is 35.5. The van der Waals surface area contributed by atoms with Crippen molar-refractivity contribution < 1.29 is 22.3 Å². The summed E-state index contributed by atoms with van der Waals surface area (Å²) in [7, 11) is 0. The predicted molar refractivity (Wildman–Crippen MR) is 66.0 cm³/mol. The Labute approximate surface area is 117 Å². The summed E-state index contributed by atoms with van der Waals surface area (Å²) in [4.78, 5) is 3.97. The van der Waals surface area contributed by atoms with Crippen molar-refractivity contribution in [2.45, 2.75) is 18.9 Å². The lowest BCUT2D eigenvalue weighted by atomic mass is 10.3. The summed E-state index contributed by atoms with van der Waals surface area (Å²) in [6, 6.07) is 1.85. The minimum Gasteiger partial charge on any atom is -0.374 e. The minimum absolute atomic E-state index is 0.00379. The lowest BCUT2D eigenvalue weighted by Crippen LogP contribution is -2.12. The van der Waals surface area contributed by atoms with E-state index in [1.165, 1.54) is 4.57 Å². The number of benzene rings is 1. The molecular formula is C12H11ClF4N2O. The number of nitrogens with zero attached hydrogens (tertiary/aromatic N) is 2. The topological polar surface area (TPSA) is 27.1 Å². The molecule has 0 bridgehead atoms. The fraction of sp³-hybridized carbons (Fsp3) is 0.417. The summed E-state index contributed by atoms with van der Waals surface area (Å²) in [6.45, 7) is -0.586. The summed E-state index contributed by atoms with van der Waals surface area (Å²) < 4.78 is 56.9. The first-order chi connectivity index (χ1) is 9.52. The quantitative estimate of drug-likeness (QED) is 0.465. The Morgan fingerprint density at radius 2 is 2.05 bits per heavy atom. The monoisotopic (exact) mass is 310 g/mol. The first kappa shape index (κ1) is 15.1. The zero-order valence-electron chi connectivity index (χ0n) is 10.3. The summed E-state index contributed by atoms with van der Waals surface area (Å²) in [5.74, 6) is -1.22. The Kier molecular flexibility index (Phi) is 4.82. The molecule has 0 amide bonds. The summed E-state index contributed by atoms with van der Waals surface area (Å²) >= 11 is 5.70. The van der Waals surface area contributed by atoms with E-state index in [0.29, 0.717) is 5.82 Å². The maximum absolute atomic E-state index is 13.6. The Balaban J connectivity index is 2.26. The second kappa shape index (κ2) is 6.41. The normalized spacial score (nSPS) is 11.7. The maximum Gasteiger partial charge on any atom is 0.261 e. The van der Waals surface area contributed by atoms with Crippen LogP contribution in [0.25, 0.3) is 11.0 Å². The molecule has 0 aliphatic rings. The van der Waals surface area contributed by atoms with E-state index in [4.69, 9.17) is 16.3 Å². The van der Waals surface area contributed by atoms with Crippen molar-refractivity contribution in [1.29, 1.82) is 0 Å².